The lowest BCUT2D eigenvalue weighted by Gasteiger charge is -2.35. The van der Waals surface area contributed by atoms with E-state index in [0.29, 0.717) is 12.0 Å². The first-order valence-corrected chi connectivity index (χ1v) is 8.21. The van der Waals surface area contributed by atoms with E-state index < -0.39 is 0 Å². The minimum atomic E-state index is 0.672. The van der Waals surface area contributed by atoms with E-state index in [1.54, 1.807) is 0 Å². The van der Waals surface area contributed by atoms with Gasteiger partial charge in [0, 0.05) is 18.2 Å². The maximum absolute atomic E-state index is 5.65. The summed E-state index contributed by atoms with van der Waals surface area (Å²) in [6, 6.07) is 2.82. The summed E-state index contributed by atoms with van der Waals surface area (Å²) in [5.41, 5.74) is 1.33. The Hall–Kier alpha value is -0.840. The lowest BCUT2D eigenvalue weighted by Crippen LogP contribution is -2.41. The molecule has 2 rings (SSSR count). The second-order valence-electron chi connectivity index (χ2n) is 6.84. The Morgan fingerprint density at radius 1 is 1.38 bits per heavy atom. The fourth-order valence-corrected chi connectivity index (χ4v) is 2.97. The molecule has 2 heterocycles. The van der Waals surface area contributed by atoms with Gasteiger partial charge in [0.15, 0.2) is 0 Å². The van der Waals surface area contributed by atoms with Crippen molar-refractivity contribution in [3.05, 3.63) is 23.7 Å². The molecule has 21 heavy (non-hydrogen) atoms. The predicted octanol–water partition coefficient (Wildman–Crippen LogP) is 2.55. The van der Waals surface area contributed by atoms with Crippen molar-refractivity contribution in [2.24, 2.45) is 5.92 Å². The highest BCUT2D eigenvalue weighted by Crippen LogP contribution is 2.19. The average molecular weight is 293 g/mol. The summed E-state index contributed by atoms with van der Waals surface area (Å²) in [5.74, 6) is 1.76. The van der Waals surface area contributed by atoms with Crippen LogP contribution in [0.5, 0.6) is 0 Å². The summed E-state index contributed by atoms with van der Waals surface area (Å²) in [5, 5.41) is 3.47. The maximum atomic E-state index is 5.65. The molecule has 0 aromatic carbocycles. The number of nitrogens with one attached hydrogen (secondary N) is 1. The van der Waals surface area contributed by atoms with Gasteiger partial charge in [-0.15, -0.1) is 0 Å². The van der Waals surface area contributed by atoms with Crippen LogP contribution in [0.15, 0.2) is 16.7 Å². The third kappa shape index (κ3) is 5.13. The van der Waals surface area contributed by atoms with Crippen molar-refractivity contribution in [1.82, 2.24) is 15.1 Å². The van der Waals surface area contributed by atoms with Gasteiger partial charge in [-0.05, 0) is 58.6 Å². The molecular formula is C17H31N3O. The van der Waals surface area contributed by atoms with E-state index in [1.807, 2.05) is 6.26 Å². The number of nitrogens with zero attached hydrogens (tertiary/aromatic N) is 2. The Balaban J connectivity index is 1.83. The molecular weight excluding hydrogens is 262 g/mol. The molecule has 1 aromatic rings. The standard InChI is InChI=1S/C17H31N3O/c1-14(2)11-18-12-17-15(7-10-21-17)13-20(4)16-5-8-19(3)9-6-16/h7,10,14,16,18H,5-6,8-9,11-13H2,1-4H3. The van der Waals surface area contributed by atoms with Gasteiger partial charge < -0.3 is 14.6 Å². The van der Waals surface area contributed by atoms with Crippen LogP contribution >= 0.6 is 0 Å². The molecule has 0 atom stereocenters. The van der Waals surface area contributed by atoms with Crippen LogP contribution in [-0.4, -0.2) is 49.6 Å². The van der Waals surface area contributed by atoms with Crippen molar-refractivity contribution >= 4 is 0 Å². The van der Waals surface area contributed by atoms with Gasteiger partial charge in [0.25, 0.3) is 0 Å². The molecule has 0 unspecified atom stereocenters. The third-order valence-corrected chi connectivity index (χ3v) is 4.41. The van der Waals surface area contributed by atoms with Gasteiger partial charge in [0.1, 0.15) is 5.76 Å². The van der Waals surface area contributed by atoms with Gasteiger partial charge in [-0.3, -0.25) is 4.90 Å². The first kappa shape index (κ1) is 16.5. The molecule has 1 N–H and O–H groups in total. The summed E-state index contributed by atoms with van der Waals surface area (Å²) < 4.78 is 5.65. The fourth-order valence-electron chi connectivity index (χ4n) is 2.97. The third-order valence-electron chi connectivity index (χ3n) is 4.41. The summed E-state index contributed by atoms with van der Waals surface area (Å²) in [6.07, 6.45) is 4.36. The minimum Gasteiger partial charge on any atom is -0.468 e. The molecule has 0 spiro atoms. The maximum Gasteiger partial charge on any atom is 0.122 e. The van der Waals surface area contributed by atoms with Crippen LogP contribution in [-0.2, 0) is 13.1 Å². The minimum absolute atomic E-state index is 0.672. The van der Waals surface area contributed by atoms with Crippen LogP contribution in [0, 0.1) is 5.92 Å². The Morgan fingerprint density at radius 2 is 2.10 bits per heavy atom. The van der Waals surface area contributed by atoms with Crippen LogP contribution in [0.3, 0.4) is 0 Å². The second kappa shape index (κ2) is 7.97. The van der Waals surface area contributed by atoms with E-state index >= 15 is 0 Å². The van der Waals surface area contributed by atoms with E-state index in [0.717, 1.165) is 25.4 Å². The van der Waals surface area contributed by atoms with Crippen LogP contribution < -0.4 is 5.32 Å². The largest absolute Gasteiger partial charge is 0.468 e. The second-order valence-corrected chi connectivity index (χ2v) is 6.84. The van der Waals surface area contributed by atoms with Crippen molar-refractivity contribution in [3.63, 3.8) is 0 Å². The lowest BCUT2D eigenvalue weighted by atomic mass is 10.0. The molecule has 1 fully saturated rings. The average Bonchev–Trinajstić information content (AvgIpc) is 2.86. The van der Waals surface area contributed by atoms with Crippen molar-refractivity contribution in [1.29, 1.82) is 0 Å². The van der Waals surface area contributed by atoms with Crippen molar-refractivity contribution in [3.8, 4) is 0 Å². The zero-order valence-electron chi connectivity index (χ0n) is 14.1. The highest BCUT2D eigenvalue weighted by Gasteiger charge is 2.21. The number of hydrogen-bond acceptors (Lipinski definition) is 4. The van der Waals surface area contributed by atoms with E-state index in [4.69, 9.17) is 4.42 Å². The van der Waals surface area contributed by atoms with Gasteiger partial charge in [0.2, 0.25) is 0 Å². The zero-order chi connectivity index (χ0) is 15.2. The monoisotopic (exact) mass is 293 g/mol. The molecule has 0 bridgehead atoms. The Kier molecular flexibility index (Phi) is 6.27. The fraction of sp³-hybridized carbons (Fsp3) is 0.765. The molecule has 4 heteroatoms. The number of furan rings is 1. The molecule has 1 saturated heterocycles. The van der Waals surface area contributed by atoms with Gasteiger partial charge in [-0.25, -0.2) is 0 Å². The van der Waals surface area contributed by atoms with Crippen molar-refractivity contribution in [2.75, 3.05) is 33.7 Å². The van der Waals surface area contributed by atoms with Crippen molar-refractivity contribution in [2.45, 2.75) is 45.8 Å². The van der Waals surface area contributed by atoms with E-state index in [9.17, 15) is 0 Å². The molecule has 4 nitrogen and oxygen atoms in total. The van der Waals surface area contributed by atoms with Crippen LogP contribution in [0.25, 0.3) is 0 Å². The molecule has 1 aliphatic heterocycles. The summed E-state index contributed by atoms with van der Waals surface area (Å²) in [7, 11) is 4.46. The smallest absolute Gasteiger partial charge is 0.122 e. The van der Waals surface area contributed by atoms with Gasteiger partial charge in [-0.1, -0.05) is 13.8 Å². The molecule has 0 amide bonds. The SMILES string of the molecule is CC(C)CNCc1occc1CN(C)C1CCN(C)CC1. The zero-order valence-corrected chi connectivity index (χ0v) is 14.1. The van der Waals surface area contributed by atoms with E-state index in [-0.39, 0.29) is 0 Å². The Morgan fingerprint density at radius 3 is 2.76 bits per heavy atom. The van der Waals surface area contributed by atoms with Crippen molar-refractivity contribution < 1.29 is 4.42 Å². The van der Waals surface area contributed by atoms with Crippen LogP contribution in [0.1, 0.15) is 38.0 Å². The number of piperidine rings is 1. The highest BCUT2D eigenvalue weighted by molar-refractivity contribution is 5.17. The number of rotatable bonds is 7. The van der Waals surface area contributed by atoms with Gasteiger partial charge in [0.05, 0.1) is 12.8 Å². The molecule has 1 aromatic heterocycles. The molecule has 1 aliphatic rings. The first-order valence-electron chi connectivity index (χ1n) is 8.21. The normalized spacial score (nSPS) is 18.0. The summed E-state index contributed by atoms with van der Waals surface area (Å²) >= 11 is 0. The number of likely N-dealkylation sites (tertiary alicyclic amines) is 1. The first-order chi connectivity index (χ1) is 10.1. The van der Waals surface area contributed by atoms with E-state index in [2.05, 4.69) is 49.1 Å². The van der Waals surface area contributed by atoms with Crippen LogP contribution in [0.4, 0.5) is 0 Å². The topological polar surface area (TPSA) is 31.7 Å². The van der Waals surface area contributed by atoms with E-state index in [1.165, 1.54) is 31.5 Å². The predicted molar refractivity (Wildman–Crippen MR) is 87.2 cm³/mol. The number of hydrogen-bond donors (Lipinski definition) is 1. The Labute approximate surface area is 129 Å². The molecule has 120 valence electrons. The molecule has 0 saturated carbocycles. The molecule has 0 radical (unpaired) electrons. The van der Waals surface area contributed by atoms with Crippen LogP contribution in [0.2, 0.25) is 0 Å². The summed E-state index contributed by atoms with van der Waals surface area (Å²) in [4.78, 5) is 4.91. The molecule has 0 aliphatic carbocycles. The quantitative estimate of drug-likeness (QED) is 0.837. The summed E-state index contributed by atoms with van der Waals surface area (Å²) in [6.45, 7) is 9.73. The van der Waals surface area contributed by atoms with Gasteiger partial charge in [-0.2, -0.15) is 0 Å². The van der Waals surface area contributed by atoms with Gasteiger partial charge >= 0.3 is 0 Å². The highest BCUT2D eigenvalue weighted by atomic mass is 16.3. The lowest BCUT2D eigenvalue weighted by molar-refractivity contribution is 0.138. The Bertz CT molecular complexity index is 408.